The highest BCUT2D eigenvalue weighted by Crippen LogP contribution is 2.26. The molecule has 1 aromatic heterocycles. The third kappa shape index (κ3) is 3.96. The summed E-state index contributed by atoms with van der Waals surface area (Å²) in [5, 5.41) is 6.25. The van der Waals surface area contributed by atoms with E-state index in [0.717, 1.165) is 11.4 Å². The fraction of sp³-hybridized carbons (Fsp3) is 0.286. The molecular formula is C14H19N5O2. The molecule has 7 heteroatoms. The van der Waals surface area contributed by atoms with Crippen molar-refractivity contribution in [1.29, 1.82) is 0 Å². The SMILES string of the molecule is COCCNc1ncnc(Nc2ccc(OC)cc2)c1N. The summed E-state index contributed by atoms with van der Waals surface area (Å²) in [6.07, 6.45) is 1.46. The van der Waals surface area contributed by atoms with E-state index in [4.69, 9.17) is 15.2 Å². The highest BCUT2D eigenvalue weighted by molar-refractivity contribution is 5.77. The Morgan fingerprint density at radius 1 is 1.10 bits per heavy atom. The Morgan fingerprint density at radius 2 is 1.81 bits per heavy atom. The normalized spacial score (nSPS) is 10.2. The number of anilines is 4. The van der Waals surface area contributed by atoms with Crippen LogP contribution in [0.1, 0.15) is 0 Å². The third-order valence-electron chi connectivity index (χ3n) is 2.84. The maximum Gasteiger partial charge on any atom is 0.159 e. The van der Waals surface area contributed by atoms with E-state index >= 15 is 0 Å². The summed E-state index contributed by atoms with van der Waals surface area (Å²) in [4.78, 5) is 8.27. The molecule has 7 nitrogen and oxygen atoms in total. The van der Waals surface area contributed by atoms with Crippen LogP contribution in [-0.4, -0.2) is 37.3 Å². The largest absolute Gasteiger partial charge is 0.497 e. The first kappa shape index (κ1) is 14.9. The van der Waals surface area contributed by atoms with Crippen LogP contribution in [0.3, 0.4) is 0 Å². The molecule has 1 aromatic carbocycles. The van der Waals surface area contributed by atoms with Gasteiger partial charge in [-0.15, -0.1) is 0 Å². The minimum atomic E-state index is 0.462. The van der Waals surface area contributed by atoms with Gasteiger partial charge in [0.15, 0.2) is 11.6 Å². The van der Waals surface area contributed by atoms with Crippen molar-refractivity contribution >= 4 is 23.0 Å². The van der Waals surface area contributed by atoms with Gasteiger partial charge in [-0.3, -0.25) is 0 Å². The fourth-order valence-electron chi connectivity index (χ4n) is 1.72. The average Bonchev–Trinajstić information content (AvgIpc) is 2.52. The molecule has 0 spiro atoms. The van der Waals surface area contributed by atoms with Crippen molar-refractivity contribution in [2.45, 2.75) is 0 Å². The van der Waals surface area contributed by atoms with Gasteiger partial charge >= 0.3 is 0 Å². The molecule has 0 saturated heterocycles. The topological polar surface area (TPSA) is 94.3 Å². The van der Waals surface area contributed by atoms with Gasteiger partial charge in [-0.05, 0) is 24.3 Å². The monoisotopic (exact) mass is 289 g/mol. The molecule has 0 unspecified atom stereocenters. The lowest BCUT2D eigenvalue weighted by Gasteiger charge is -2.12. The Bertz CT molecular complexity index is 574. The molecule has 1 heterocycles. The number of methoxy groups -OCH3 is 2. The van der Waals surface area contributed by atoms with Crippen LogP contribution in [0.15, 0.2) is 30.6 Å². The van der Waals surface area contributed by atoms with E-state index in [2.05, 4.69) is 20.6 Å². The van der Waals surface area contributed by atoms with E-state index in [9.17, 15) is 0 Å². The van der Waals surface area contributed by atoms with E-state index < -0.39 is 0 Å². The smallest absolute Gasteiger partial charge is 0.159 e. The maximum atomic E-state index is 6.05. The third-order valence-corrected chi connectivity index (χ3v) is 2.84. The molecule has 2 rings (SSSR count). The lowest BCUT2D eigenvalue weighted by atomic mass is 10.3. The second kappa shape index (κ2) is 7.30. The van der Waals surface area contributed by atoms with Crippen molar-refractivity contribution in [3.63, 3.8) is 0 Å². The molecule has 0 aliphatic rings. The predicted molar refractivity (Wildman–Crippen MR) is 83.1 cm³/mol. The number of hydrogen-bond acceptors (Lipinski definition) is 7. The van der Waals surface area contributed by atoms with Gasteiger partial charge < -0.3 is 25.8 Å². The second-order valence-electron chi connectivity index (χ2n) is 4.26. The first-order valence-electron chi connectivity index (χ1n) is 6.49. The lowest BCUT2D eigenvalue weighted by Crippen LogP contribution is -2.12. The van der Waals surface area contributed by atoms with Crippen molar-refractivity contribution < 1.29 is 9.47 Å². The van der Waals surface area contributed by atoms with Crippen molar-refractivity contribution in [1.82, 2.24) is 9.97 Å². The molecule has 0 aliphatic heterocycles. The summed E-state index contributed by atoms with van der Waals surface area (Å²) < 4.78 is 10.1. The molecule has 0 saturated carbocycles. The van der Waals surface area contributed by atoms with Gasteiger partial charge in [-0.2, -0.15) is 0 Å². The number of nitrogen functional groups attached to an aromatic ring is 1. The summed E-state index contributed by atoms with van der Waals surface area (Å²) in [7, 11) is 3.27. The van der Waals surface area contributed by atoms with Crippen LogP contribution >= 0.6 is 0 Å². The number of aromatic nitrogens is 2. The molecule has 0 amide bonds. The van der Waals surface area contributed by atoms with Crippen molar-refractivity contribution in [2.75, 3.05) is 43.7 Å². The van der Waals surface area contributed by atoms with Gasteiger partial charge in [-0.1, -0.05) is 0 Å². The van der Waals surface area contributed by atoms with E-state index in [1.165, 1.54) is 6.33 Å². The molecular weight excluding hydrogens is 270 g/mol. The van der Waals surface area contributed by atoms with Crippen molar-refractivity contribution in [2.24, 2.45) is 0 Å². The zero-order valence-electron chi connectivity index (χ0n) is 12.1. The van der Waals surface area contributed by atoms with Gasteiger partial charge in [0.05, 0.1) is 13.7 Å². The van der Waals surface area contributed by atoms with Crippen molar-refractivity contribution in [3.8, 4) is 5.75 Å². The highest BCUT2D eigenvalue weighted by atomic mass is 16.5. The number of nitrogens with one attached hydrogen (secondary N) is 2. The molecule has 0 fully saturated rings. The Hall–Kier alpha value is -2.54. The summed E-state index contributed by atoms with van der Waals surface area (Å²) in [5.41, 5.74) is 7.38. The van der Waals surface area contributed by atoms with Crippen LogP contribution in [0, 0.1) is 0 Å². The highest BCUT2D eigenvalue weighted by Gasteiger charge is 2.08. The Kier molecular flexibility index (Phi) is 5.16. The summed E-state index contributed by atoms with van der Waals surface area (Å²) >= 11 is 0. The van der Waals surface area contributed by atoms with E-state index in [0.29, 0.717) is 30.5 Å². The van der Waals surface area contributed by atoms with Gasteiger partial charge in [0, 0.05) is 19.3 Å². The number of rotatable bonds is 7. The van der Waals surface area contributed by atoms with Crippen LogP contribution in [0.2, 0.25) is 0 Å². The van der Waals surface area contributed by atoms with E-state index in [1.54, 1.807) is 14.2 Å². The number of nitrogens with two attached hydrogens (primary N) is 1. The summed E-state index contributed by atoms with van der Waals surface area (Å²) in [5.74, 6) is 1.92. The first-order valence-corrected chi connectivity index (χ1v) is 6.49. The first-order chi connectivity index (χ1) is 10.2. The standard InChI is InChI=1S/C14H19N5O2/c1-20-8-7-16-13-12(15)14(18-9-17-13)19-10-3-5-11(21-2)6-4-10/h3-6,9H,7-8,15H2,1-2H3,(H2,16,17,18,19). The molecule has 4 N–H and O–H groups in total. The van der Waals surface area contributed by atoms with Gasteiger partial charge in [-0.25, -0.2) is 9.97 Å². The minimum Gasteiger partial charge on any atom is -0.497 e. The van der Waals surface area contributed by atoms with Crippen LogP contribution < -0.4 is 21.1 Å². The molecule has 0 bridgehead atoms. The Balaban J connectivity index is 2.10. The maximum absolute atomic E-state index is 6.05. The fourth-order valence-corrected chi connectivity index (χ4v) is 1.72. The number of nitrogens with zero attached hydrogens (tertiary/aromatic N) is 2. The number of hydrogen-bond donors (Lipinski definition) is 3. The summed E-state index contributed by atoms with van der Waals surface area (Å²) in [6, 6.07) is 7.49. The van der Waals surface area contributed by atoms with Crippen LogP contribution in [-0.2, 0) is 4.74 Å². The molecule has 0 aliphatic carbocycles. The molecule has 2 aromatic rings. The van der Waals surface area contributed by atoms with E-state index in [1.807, 2.05) is 24.3 Å². The number of benzene rings is 1. The van der Waals surface area contributed by atoms with Gasteiger partial charge in [0.1, 0.15) is 17.8 Å². The Morgan fingerprint density at radius 3 is 2.48 bits per heavy atom. The predicted octanol–water partition coefficient (Wildman–Crippen LogP) is 1.87. The molecule has 112 valence electrons. The minimum absolute atomic E-state index is 0.462. The van der Waals surface area contributed by atoms with Crippen molar-refractivity contribution in [3.05, 3.63) is 30.6 Å². The summed E-state index contributed by atoms with van der Waals surface area (Å²) in [6.45, 7) is 1.20. The molecule has 0 atom stereocenters. The van der Waals surface area contributed by atoms with E-state index in [-0.39, 0.29) is 0 Å². The lowest BCUT2D eigenvalue weighted by molar-refractivity contribution is 0.210. The molecule has 21 heavy (non-hydrogen) atoms. The number of ether oxygens (including phenoxy) is 2. The van der Waals surface area contributed by atoms with Crippen LogP contribution in [0.25, 0.3) is 0 Å². The second-order valence-corrected chi connectivity index (χ2v) is 4.26. The average molecular weight is 289 g/mol. The Labute approximate surface area is 123 Å². The van der Waals surface area contributed by atoms with Gasteiger partial charge in [0.2, 0.25) is 0 Å². The zero-order chi connectivity index (χ0) is 15.1. The van der Waals surface area contributed by atoms with Crippen LogP contribution in [0.5, 0.6) is 5.75 Å². The zero-order valence-corrected chi connectivity index (χ0v) is 12.1. The van der Waals surface area contributed by atoms with Gasteiger partial charge in [0.25, 0.3) is 0 Å². The molecule has 0 radical (unpaired) electrons. The quantitative estimate of drug-likeness (QED) is 0.670. The van der Waals surface area contributed by atoms with Crippen LogP contribution in [0.4, 0.5) is 23.0 Å².